The smallest absolute Gasteiger partial charge is 0.271 e. The number of halogens is 1. The standard InChI is InChI=1S/C19H18ClN5O/c20-12-6-4-10(5-7-12)11-8-15-17(19(26)21-9-11)23-18(22-15)16-13-2-1-3-14(13)24-25-16/h4-7,11H,1-3,8-9H2,(H,21,26)(H,22,23)(H,24,25)/t11-/m0/s1. The minimum absolute atomic E-state index is 0.133. The van der Waals surface area contributed by atoms with E-state index in [0.29, 0.717) is 23.1 Å². The number of aromatic nitrogens is 4. The Balaban J connectivity index is 1.51. The molecular weight excluding hydrogens is 350 g/mol. The average molecular weight is 368 g/mol. The Bertz CT molecular complexity index is 988. The van der Waals surface area contributed by atoms with Crippen molar-refractivity contribution in [2.75, 3.05) is 6.54 Å². The van der Waals surface area contributed by atoms with Gasteiger partial charge in [0.25, 0.3) is 5.91 Å². The van der Waals surface area contributed by atoms with E-state index in [2.05, 4.69) is 25.5 Å². The van der Waals surface area contributed by atoms with E-state index in [1.807, 2.05) is 24.3 Å². The van der Waals surface area contributed by atoms with Crippen LogP contribution in [-0.2, 0) is 19.3 Å². The van der Waals surface area contributed by atoms with Crippen molar-refractivity contribution in [1.29, 1.82) is 0 Å². The van der Waals surface area contributed by atoms with Crippen LogP contribution in [0.15, 0.2) is 24.3 Å². The molecule has 26 heavy (non-hydrogen) atoms. The Morgan fingerprint density at radius 2 is 1.92 bits per heavy atom. The maximum Gasteiger partial charge on any atom is 0.271 e. The number of nitrogens with zero attached hydrogens (tertiary/aromatic N) is 2. The first-order valence-corrected chi connectivity index (χ1v) is 9.26. The van der Waals surface area contributed by atoms with Crippen molar-refractivity contribution in [2.24, 2.45) is 0 Å². The van der Waals surface area contributed by atoms with E-state index in [0.717, 1.165) is 42.6 Å². The lowest BCUT2D eigenvalue weighted by molar-refractivity contribution is 0.0950. The van der Waals surface area contributed by atoms with E-state index < -0.39 is 0 Å². The summed E-state index contributed by atoms with van der Waals surface area (Å²) in [6, 6.07) is 7.80. The highest BCUT2D eigenvalue weighted by Gasteiger charge is 2.28. The molecule has 2 aromatic heterocycles. The molecule has 1 aliphatic carbocycles. The maximum absolute atomic E-state index is 12.5. The van der Waals surface area contributed by atoms with E-state index in [1.54, 1.807) is 0 Å². The van der Waals surface area contributed by atoms with E-state index in [4.69, 9.17) is 11.6 Å². The van der Waals surface area contributed by atoms with Gasteiger partial charge in [0.1, 0.15) is 11.4 Å². The molecule has 1 aliphatic heterocycles. The molecule has 0 saturated carbocycles. The van der Waals surface area contributed by atoms with Crippen LogP contribution in [0, 0.1) is 0 Å². The van der Waals surface area contributed by atoms with Gasteiger partial charge in [-0.05, 0) is 43.4 Å². The van der Waals surface area contributed by atoms with E-state index in [-0.39, 0.29) is 11.8 Å². The molecule has 1 aromatic carbocycles. The lowest BCUT2D eigenvalue weighted by Gasteiger charge is -2.14. The summed E-state index contributed by atoms with van der Waals surface area (Å²) in [7, 11) is 0. The van der Waals surface area contributed by atoms with Gasteiger partial charge in [-0.2, -0.15) is 5.10 Å². The van der Waals surface area contributed by atoms with Gasteiger partial charge in [0.15, 0.2) is 5.82 Å². The van der Waals surface area contributed by atoms with Crippen LogP contribution in [0.1, 0.15) is 45.3 Å². The molecule has 6 nitrogen and oxygen atoms in total. The molecule has 0 unspecified atom stereocenters. The summed E-state index contributed by atoms with van der Waals surface area (Å²) >= 11 is 6.00. The van der Waals surface area contributed by atoms with Crippen molar-refractivity contribution in [1.82, 2.24) is 25.5 Å². The fourth-order valence-electron chi connectivity index (χ4n) is 3.96. The molecule has 5 rings (SSSR count). The van der Waals surface area contributed by atoms with E-state index >= 15 is 0 Å². The molecule has 0 bridgehead atoms. The normalized spacial score (nSPS) is 19.0. The highest BCUT2D eigenvalue weighted by molar-refractivity contribution is 6.30. The van der Waals surface area contributed by atoms with Crippen LogP contribution in [0.25, 0.3) is 11.5 Å². The lowest BCUT2D eigenvalue weighted by Crippen LogP contribution is -2.26. The van der Waals surface area contributed by atoms with Crippen molar-refractivity contribution < 1.29 is 4.79 Å². The largest absolute Gasteiger partial charge is 0.350 e. The maximum atomic E-state index is 12.5. The SMILES string of the molecule is O=C1NC[C@@H](c2ccc(Cl)cc2)Cc2[nH]c(-c3n[nH]c4c3CCC4)nc21. The molecule has 3 N–H and O–H groups in total. The highest BCUT2D eigenvalue weighted by Crippen LogP contribution is 2.31. The molecule has 3 aromatic rings. The number of hydrogen-bond donors (Lipinski definition) is 3. The van der Waals surface area contributed by atoms with Crippen LogP contribution < -0.4 is 5.32 Å². The topological polar surface area (TPSA) is 86.5 Å². The number of rotatable bonds is 2. The van der Waals surface area contributed by atoms with Crippen LogP contribution in [0.4, 0.5) is 0 Å². The first-order valence-electron chi connectivity index (χ1n) is 8.88. The Hall–Kier alpha value is -2.60. The van der Waals surface area contributed by atoms with Crippen LogP contribution in [0.3, 0.4) is 0 Å². The molecule has 0 saturated heterocycles. The number of hydrogen-bond acceptors (Lipinski definition) is 3. The Morgan fingerprint density at radius 3 is 2.77 bits per heavy atom. The quantitative estimate of drug-likeness (QED) is 0.650. The van der Waals surface area contributed by atoms with Gasteiger partial charge in [-0.1, -0.05) is 23.7 Å². The fourth-order valence-corrected chi connectivity index (χ4v) is 4.09. The minimum Gasteiger partial charge on any atom is -0.350 e. The van der Waals surface area contributed by atoms with Gasteiger partial charge in [-0.15, -0.1) is 0 Å². The lowest BCUT2D eigenvalue weighted by atomic mass is 9.94. The first-order chi connectivity index (χ1) is 12.7. The summed E-state index contributed by atoms with van der Waals surface area (Å²) in [5.41, 5.74) is 5.76. The monoisotopic (exact) mass is 367 g/mol. The van der Waals surface area contributed by atoms with Crippen LogP contribution in [0.2, 0.25) is 5.02 Å². The predicted molar refractivity (Wildman–Crippen MR) is 98.4 cm³/mol. The van der Waals surface area contributed by atoms with Gasteiger partial charge in [0.2, 0.25) is 0 Å². The second kappa shape index (κ2) is 5.99. The summed E-state index contributed by atoms with van der Waals surface area (Å²) in [5, 5.41) is 11.2. The molecule has 7 heteroatoms. The van der Waals surface area contributed by atoms with Crippen molar-refractivity contribution >= 4 is 17.5 Å². The van der Waals surface area contributed by atoms with E-state index in [1.165, 1.54) is 11.3 Å². The number of nitrogens with one attached hydrogen (secondary N) is 3. The molecule has 0 spiro atoms. The number of aryl methyl sites for hydroxylation is 1. The van der Waals surface area contributed by atoms with Crippen LogP contribution >= 0.6 is 11.6 Å². The predicted octanol–water partition coefficient (Wildman–Crippen LogP) is 3.01. The zero-order valence-corrected chi connectivity index (χ0v) is 14.9. The number of benzene rings is 1. The Kier molecular flexibility index (Phi) is 3.60. The molecule has 3 heterocycles. The number of H-pyrrole nitrogens is 2. The van der Waals surface area contributed by atoms with Crippen LogP contribution in [0.5, 0.6) is 0 Å². The molecule has 2 aliphatic rings. The fraction of sp³-hybridized carbons (Fsp3) is 0.316. The zero-order chi connectivity index (χ0) is 17.7. The number of imidazole rings is 1. The van der Waals surface area contributed by atoms with Gasteiger partial charge < -0.3 is 10.3 Å². The van der Waals surface area contributed by atoms with Gasteiger partial charge in [0, 0.05) is 34.4 Å². The number of carbonyl (C=O) groups is 1. The molecule has 0 fully saturated rings. The third-order valence-corrected chi connectivity index (χ3v) is 5.58. The second-order valence-electron chi connectivity index (χ2n) is 6.96. The number of fused-ring (bicyclic) bond motifs is 2. The second-order valence-corrected chi connectivity index (χ2v) is 7.39. The third kappa shape index (κ3) is 2.52. The first kappa shape index (κ1) is 15.6. The summed E-state index contributed by atoms with van der Waals surface area (Å²) in [5.74, 6) is 0.725. The van der Waals surface area contributed by atoms with Gasteiger partial charge in [-0.25, -0.2) is 4.98 Å². The zero-order valence-electron chi connectivity index (χ0n) is 14.1. The van der Waals surface area contributed by atoms with Gasteiger partial charge in [0.05, 0.1) is 0 Å². The molecular formula is C19H18ClN5O. The van der Waals surface area contributed by atoms with Crippen molar-refractivity contribution in [3.8, 4) is 11.5 Å². The molecule has 1 atom stereocenters. The molecule has 132 valence electrons. The average Bonchev–Trinajstić information content (AvgIpc) is 3.32. The highest BCUT2D eigenvalue weighted by atomic mass is 35.5. The number of aromatic amines is 2. The number of carbonyl (C=O) groups excluding carboxylic acids is 1. The Morgan fingerprint density at radius 1 is 1.08 bits per heavy atom. The number of amides is 1. The van der Waals surface area contributed by atoms with Crippen molar-refractivity contribution in [3.05, 3.63) is 57.5 Å². The molecule has 0 radical (unpaired) electrons. The summed E-state index contributed by atoms with van der Waals surface area (Å²) in [4.78, 5) is 20.5. The third-order valence-electron chi connectivity index (χ3n) is 5.33. The van der Waals surface area contributed by atoms with Crippen molar-refractivity contribution in [3.63, 3.8) is 0 Å². The summed E-state index contributed by atoms with van der Waals surface area (Å²) in [6.07, 6.45) is 3.89. The van der Waals surface area contributed by atoms with Crippen LogP contribution in [-0.4, -0.2) is 32.6 Å². The summed E-state index contributed by atoms with van der Waals surface area (Å²) < 4.78 is 0. The van der Waals surface area contributed by atoms with Gasteiger partial charge in [-0.3, -0.25) is 9.89 Å². The molecule has 1 amide bonds. The van der Waals surface area contributed by atoms with Crippen molar-refractivity contribution in [2.45, 2.75) is 31.6 Å². The Labute approximate surface area is 155 Å². The van der Waals surface area contributed by atoms with E-state index in [9.17, 15) is 4.79 Å². The minimum atomic E-state index is -0.133. The van der Waals surface area contributed by atoms with Gasteiger partial charge >= 0.3 is 0 Å². The summed E-state index contributed by atoms with van der Waals surface area (Å²) in [6.45, 7) is 0.581.